The van der Waals surface area contributed by atoms with Crippen LogP contribution in [-0.4, -0.2) is 25.0 Å². The van der Waals surface area contributed by atoms with Crippen molar-refractivity contribution in [2.75, 3.05) is 13.1 Å². The van der Waals surface area contributed by atoms with E-state index >= 15 is 0 Å². The summed E-state index contributed by atoms with van der Waals surface area (Å²) in [6, 6.07) is 10.8. The first-order chi connectivity index (χ1) is 10.2. The first kappa shape index (κ1) is 16.0. The molecule has 3 heteroatoms. The van der Waals surface area contributed by atoms with Gasteiger partial charge in [0.25, 0.3) is 5.91 Å². The molecule has 1 aromatic carbocycles. The van der Waals surface area contributed by atoms with Gasteiger partial charge in [-0.15, -0.1) is 0 Å². The predicted octanol–water partition coefficient (Wildman–Crippen LogP) is 1.73. The van der Waals surface area contributed by atoms with Gasteiger partial charge < -0.3 is 10.6 Å². The SMILES string of the molecule is C[C@@H]1[C@H](C)CCC[C@@H]1NC(=O)C[NH2+]CCc1ccccc1. The van der Waals surface area contributed by atoms with E-state index in [-0.39, 0.29) is 5.91 Å². The quantitative estimate of drug-likeness (QED) is 0.770. The highest BCUT2D eigenvalue weighted by Gasteiger charge is 2.28. The van der Waals surface area contributed by atoms with Gasteiger partial charge in [0.1, 0.15) is 0 Å². The van der Waals surface area contributed by atoms with Crippen molar-refractivity contribution < 1.29 is 10.1 Å². The van der Waals surface area contributed by atoms with Crippen molar-refractivity contribution in [3.05, 3.63) is 35.9 Å². The van der Waals surface area contributed by atoms with Crippen LogP contribution in [0.15, 0.2) is 30.3 Å². The van der Waals surface area contributed by atoms with Crippen LogP contribution >= 0.6 is 0 Å². The zero-order valence-corrected chi connectivity index (χ0v) is 13.3. The molecule has 1 aliphatic rings. The summed E-state index contributed by atoms with van der Waals surface area (Å²) >= 11 is 0. The van der Waals surface area contributed by atoms with Gasteiger partial charge in [-0.05, 0) is 23.8 Å². The zero-order valence-electron chi connectivity index (χ0n) is 13.3. The summed E-state index contributed by atoms with van der Waals surface area (Å²) in [6.45, 7) is 6.08. The number of rotatable bonds is 6. The van der Waals surface area contributed by atoms with E-state index in [9.17, 15) is 4.79 Å². The number of nitrogens with two attached hydrogens (primary N) is 1. The molecule has 1 saturated carbocycles. The van der Waals surface area contributed by atoms with Crippen LogP contribution in [0.5, 0.6) is 0 Å². The summed E-state index contributed by atoms with van der Waals surface area (Å²) in [4.78, 5) is 12.0. The Morgan fingerprint density at radius 1 is 1.24 bits per heavy atom. The van der Waals surface area contributed by atoms with Crippen LogP contribution in [0.3, 0.4) is 0 Å². The lowest BCUT2D eigenvalue weighted by atomic mass is 9.78. The number of quaternary nitrogens is 1. The number of amides is 1. The molecule has 0 bridgehead atoms. The van der Waals surface area contributed by atoms with Gasteiger partial charge in [0.2, 0.25) is 0 Å². The minimum absolute atomic E-state index is 0.189. The van der Waals surface area contributed by atoms with Crippen LogP contribution in [0.4, 0.5) is 0 Å². The van der Waals surface area contributed by atoms with E-state index < -0.39 is 0 Å². The summed E-state index contributed by atoms with van der Waals surface area (Å²) in [5.41, 5.74) is 1.34. The fourth-order valence-electron chi connectivity index (χ4n) is 3.20. The molecule has 2 rings (SSSR count). The molecule has 3 N–H and O–H groups in total. The molecule has 0 heterocycles. The first-order valence-electron chi connectivity index (χ1n) is 8.31. The third-order valence-corrected chi connectivity index (χ3v) is 4.86. The summed E-state index contributed by atoms with van der Waals surface area (Å²) in [5, 5.41) is 5.34. The van der Waals surface area contributed by atoms with Crippen molar-refractivity contribution in [1.29, 1.82) is 0 Å². The largest absolute Gasteiger partial charge is 0.348 e. The van der Waals surface area contributed by atoms with Crippen LogP contribution in [-0.2, 0) is 11.2 Å². The highest BCUT2D eigenvalue weighted by atomic mass is 16.1. The normalized spacial score (nSPS) is 25.5. The van der Waals surface area contributed by atoms with E-state index in [0.29, 0.717) is 18.5 Å². The van der Waals surface area contributed by atoms with Crippen LogP contribution < -0.4 is 10.6 Å². The van der Waals surface area contributed by atoms with Crippen molar-refractivity contribution in [3.8, 4) is 0 Å². The van der Waals surface area contributed by atoms with Crippen molar-refractivity contribution >= 4 is 5.91 Å². The maximum Gasteiger partial charge on any atom is 0.275 e. The Labute approximate surface area is 128 Å². The fourth-order valence-corrected chi connectivity index (χ4v) is 3.20. The van der Waals surface area contributed by atoms with Crippen LogP contribution in [0.2, 0.25) is 0 Å². The van der Waals surface area contributed by atoms with Gasteiger partial charge in [-0.3, -0.25) is 4.79 Å². The molecule has 0 unspecified atom stereocenters. The molecule has 0 saturated heterocycles. The number of nitrogens with one attached hydrogen (secondary N) is 1. The standard InChI is InChI=1S/C18H28N2O/c1-14-7-6-10-17(15(14)2)20-18(21)13-19-12-11-16-8-4-3-5-9-16/h3-5,8-9,14-15,17,19H,6-7,10-13H2,1-2H3,(H,20,21)/p+1/t14-,15-,17+/m1/s1. The number of carbonyl (C=O) groups is 1. The smallest absolute Gasteiger partial charge is 0.275 e. The molecule has 1 aromatic rings. The molecule has 1 aliphatic carbocycles. The van der Waals surface area contributed by atoms with Crippen LogP contribution in [0.25, 0.3) is 0 Å². The Hall–Kier alpha value is -1.35. The third kappa shape index (κ3) is 5.16. The molecule has 0 aliphatic heterocycles. The minimum Gasteiger partial charge on any atom is -0.348 e. The highest BCUT2D eigenvalue weighted by molar-refractivity contribution is 5.77. The highest BCUT2D eigenvalue weighted by Crippen LogP contribution is 2.29. The number of carbonyl (C=O) groups excluding carboxylic acids is 1. The number of hydrogen-bond acceptors (Lipinski definition) is 1. The van der Waals surface area contributed by atoms with Gasteiger partial charge in [0, 0.05) is 12.5 Å². The maximum absolute atomic E-state index is 12.0. The summed E-state index contributed by atoms with van der Waals surface area (Å²) in [7, 11) is 0. The molecule has 0 aromatic heterocycles. The van der Waals surface area contributed by atoms with E-state index in [0.717, 1.165) is 25.3 Å². The van der Waals surface area contributed by atoms with Gasteiger partial charge in [-0.2, -0.15) is 0 Å². The molecule has 1 fully saturated rings. The van der Waals surface area contributed by atoms with Gasteiger partial charge in [-0.1, -0.05) is 57.0 Å². The lowest BCUT2D eigenvalue weighted by Gasteiger charge is -2.34. The lowest BCUT2D eigenvalue weighted by Crippen LogP contribution is -2.87. The van der Waals surface area contributed by atoms with Crippen molar-refractivity contribution in [3.63, 3.8) is 0 Å². The predicted molar refractivity (Wildman–Crippen MR) is 85.9 cm³/mol. The Morgan fingerprint density at radius 3 is 2.76 bits per heavy atom. The Balaban J connectivity index is 1.63. The first-order valence-corrected chi connectivity index (χ1v) is 8.31. The Morgan fingerprint density at radius 2 is 2.00 bits per heavy atom. The van der Waals surface area contributed by atoms with E-state index in [1.165, 1.54) is 18.4 Å². The molecule has 3 nitrogen and oxygen atoms in total. The molecule has 116 valence electrons. The molecule has 3 atom stereocenters. The Bertz CT molecular complexity index is 432. The van der Waals surface area contributed by atoms with Gasteiger partial charge in [-0.25, -0.2) is 0 Å². The second kappa shape index (κ2) is 8.18. The number of benzene rings is 1. The average Bonchev–Trinajstić information content (AvgIpc) is 2.49. The summed E-state index contributed by atoms with van der Waals surface area (Å²) in [6.07, 6.45) is 4.71. The van der Waals surface area contributed by atoms with E-state index in [2.05, 4.69) is 48.7 Å². The van der Waals surface area contributed by atoms with E-state index in [4.69, 9.17) is 0 Å². The molecular weight excluding hydrogens is 260 g/mol. The van der Waals surface area contributed by atoms with E-state index in [1.54, 1.807) is 0 Å². The number of hydrogen-bond donors (Lipinski definition) is 2. The molecular formula is C18H29N2O+. The average molecular weight is 289 g/mol. The topological polar surface area (TPSA) is 45.7 Å². The fraction of sp³-hybridized carbons (Fsp3) is 0.611. The molecule has 21 heavy (non-hydrogen) atoms. The van der Waals surface area contributed by atoms with Gasteiger partial charge in [0.05, 0.1) is 6.54 Å². The molecule has 0 spiro atoms. The van der Waals surface area contributed by atoms with Crippen molar-refractivity contribution in [1.82, 2.24) is 5.32 Å². The molecule has 1 amide bonds. The third-order valence-electron chi connectivity index (χ3n) is 4.86. The zero-order chi connectivity index (χ0) is 15.1. The maximum atomic E-state index is 12.0. The van der Waals surface area contributed by atoms with Crippen molar-refractivity contribution in [2.24, 2.45) is 11.8 Å². The summed E-state index contributed by atoms with van der Waals surface area (Å²) in [5.74, 6) is 1.52. The van der Waals surface area contributed by atoms with Crippen LogP contribution in [0, 0.1) is 11.8 Å². The minimum atomic E-state index is 0.189. The lowest BCUT2D eigenvalue weighted by molar-refractivity contribution is -0.643. The summed E-state index contributed by atoms with van der Waals surface area (Å²) < 4.78 is 0. The van der Waals surface area contributed by atoms with E-state index in [1.807, 2.05) is 6.07 Å². The van der Waals surface area contributed by atoms with Crippen LogP contribution in [0.1, 0.15) is 38.7 Å². The second-order valence-electron chi connectivity index (χ2n) is 6.46. The molecule has 0 radical (unpaired) electrons. The van der Waals surface area contributed by atoms with Gasteiger partial charge in [0.15, 0.2) is 6.54 Å². The van der Waals surface area contributed by atoms with Gasteiger partial charge >= 0.3 is 0 Å². The van der Waals surface area contributed by atoms with Crippen molar-refractivity contribution in [2.45, 2.75) is 45.6 Å². The monoisotopic (exact) mass is 289 g/mol. The second-order valence-corrected chi connectivity index (χ2v) is 6.46. The Kier molecular flexibility index (Phi) is 6.24.